The van der Waals surface area contributed by atoms with Gasteiger partial charge >= 0.3 is 0 Å². The van der Waals surface area contributed by atoms with Crippen LogP contribution in [0.2, 0.25) is 0 Å². The molecule has 0 aromatic rings. The van der Waals surface area contributed by atoms with E-state index in [1.54, 1.807) is 0 Å². The van der Waals surface area contributed by atoms with Crippen molar-refractivity contribution in [1.29, 1.82) is 0 Å². The average Bonchev–Trinajstić information content (AvgIpc) is 2.22. The van der Waals surface area contributed by atoms with E-state index in [-0.39, 0.29) is 17.6 Å². The SMILES string of the molecule is C=C(CC[C@H](C)/C(N)=N/O)/C(N)=N/O. The first-order chi connectivity index (χ1) is 6.52. The van der Waals surface area contributed by atoms with Gasteiger partial charge in [-0.05, 0) is 18.4 Å². The third-order valence-corrected chi connectivity index (χ3v) is 1.97. The van der Waals surface area contributed by atoms with E-state index in [1.807, 2.05) is 6.92 Å². The van der Waals surface area contributed by atoms with Crippen LogP contribution in [0.1, 0.15) is 19.8 Å². The van der Waals surface area contributed by atoms with E-state index in [9.17, 15) is 0 Å². The quantitative estimate of drug-likeness (QED) is 0.223. The van der Waals surface area contributed by atoms with Crippen molar-refractivity contribution < 1.29 is 10.4 Å². The second kappa shape index (κ2) is 5.85. The van der Waals surface area contributed by atoms with Gasteiger partial charge in [-0.2, -0.15) is 0 Å². The lowest BCUT2D eigenvalue weighted by atomic mass is 10.0. The molecule has 0 saturated carbocycles. The van der Waals surface area contributed by atoms with Crippen LogP contribution in [0.5, 0.6) is 0 Å². The van der Waals surface area contributed by atoms with Crippen molar-refractivity contribution in [2.45, 2.75) is 19.8 Å². The average molecular weight is 200 g/mol. The van der Waals surface area contributed by atoms with E-state index in [1.165, 1.54) is 0 Å². The van der Waals surface area contributed by atoms with Crippen LogP contribution in [0.15, 0.2) is 22.5 Å². The molecule has 0 rings (SSSR count). The van der Waals surface area contributed by atoms with Crippen molar-refractivity contribution >= 4 is 11.7 Å². The Bertz CT molecular complexity index is 260. The molecule has 0 aliphatic rings. The maximum absolute atomic E-state index is 8.38. The van der Waals surface area contributed by atoms with E-state index in [0.29, 0.717) is 18.4 Å². The molecule has 0 bridgehead atoms. The zero-order valence-corrected chi connectivity index (χ0v) is 8.14. The second-order valence-corrected chi connectivity index (χ2v) is 3.05. The smallest absolute Gasteiger partial charge is 0.165 e. The molecule has 0 amide bonds. The second-order valence-electron chi connectivity index (χ2n) is 3.05. The van der Waals surface area contributed by atoms with E-state index >= 15 is 0 Å². The van der Waals surface area contributed by atoms with Gasteiger partial charge in [0.25, 0.3) is 0 Å². The Morgan fingerprint density at radius 3 is 2.36 bits per heavy atom. The molecule has 6 nitrogen and oxygen atoms in total. The third-order valence-electron chi connectivity index (χ3n) is 1.97. The first-order valence-corrected chi connectivity index (χ1v) is 4.16. The summed E-state index contributed by atoms with van der Waals surface area (Å²) in [7, 11) is 0. The lowest BCUT2D eigenvalue weighted by Crippen LogP contribution is -2.22. The molecular formula is C8H16N4O2. The number of rotatable bonds is 5. The predicted octanol–water partition coefficient (Wildman–Crippen LogP) is 0.452. The molecule has 0 aromatic heterocycles. The Morgan fingerprint density at radius 1 is 1.36 bits per heavy atom. The largest absolute Gasteiger partial charge is 0.409 e. The Balaban J connectivity index is 4.02. The predicted molar refractivity (Wildman–Crippen MR) is 54.4 cm³/mol. The molecule has 6 heteroatoms. The zero-order valence-electron chi connectivity index (χ0n) is 8.14. The number of hydrogen-bond acceptors (Lipinski definition) is 4. The molecule has 0 aromatic carbocycles. The lowest BCUT2D eigenvalue weighted by Gasteiger charge is -2.09. The monoisotopic (exact) mass is 200 g/mol. The maximum atomic E-state index is 8.38. The standard InChI is InChI=1S/C8H16N4O2/c1-5(7(9)11-13)3-4-6(2)8(10)12-14/h6,13-14H,1,3-4H2,2H3,(H2,9,11)(H2,10,12)/t6-/m0/s1. The van der Waals surface area contributed by atoms with Crippen LogP contribution in [-0.2, 0) is 0 Å². The molecule has 0 spiro atoms. The summed E-state index contributed by atoms with van der Waals surface area (Å²) in [5, 5.41) is 22.4. The Morgan fingerprint density at radius 2 is 1.93 bits per heavy atom. The summed E-state index contributed by atoms with van der Waals surface area (Å²) in [6, 6.07) is 0. The van der Waals surface area contributed by atoms with Crippen molar-refractivity contribution in [3.8, 4) is 0 Å². The molecule has 0 unspecified atom stereocenters. The highest BCUT2D eigenvalue weighted by molar-refractivity contribution is 5.95. The topological polar surface area (TPSA) is 117 Å². The minimum absolute atomic E-state index is 0.0108. The summed E-state index contributed by atoms with van der Waals surface area (Å²) in [5.41, 5.74) is 11.2. The normalized spacial score (nSPS) is 15.2. The van der Waals surface area contributed by atoms with E-state index in [0.717, 1.165) is 0 Å². The number of nitrogens with two attached hydrogens (primary N) is 2. The molecule has 0 heterocycles. The molecule has 0 aliphatic heterocycles. The highest BCUT2D eigenvalue weighted by atomic mass is 16.4. The van der Waals surface area contributed by atoms with Crippen molar-refractivity contribution in [3.63, 3.8) is 0 Å². The van der Waals surface area contributed by atoms with E-state index in [4.69, 9.17) is 21.9 Å². The minimum Gasteiger partial charge on any atom is -0.409 e. The highest BCUT2D eigenvalue weighted by Gasteiger charge is 2.09. The number of oxime groups is 2. The molecule has 0 saturated heterocycles. The Hall–Kier alpha value is -1.72. The van der Waals surface area contributed by atoms with Crippen molar-refractivity contribution in [3.05, 3.63) is 12.2 Å². The molecule has 14 heavy (non-hydrogen) atoms. The maximum Gasteiger partial charge on any atom is 0.165 e. The fourth-order valence-electron chi connectivity index (χ4n) is 0.836. The molecule has 80 valence electrons. The summed E-state index contributed by atoms with van der Waals surface area (Å²) >= 11 is 0. The van der Waals surface area contributed by atoms with Gasteiger partial charge in [0.2, 0.25) is 0 Å². The van der Waals surface area contributed by atoms with E-state index in [2.05, 4.69) is 16.9 Å². The van der Waals surface area contributed by atoms with Gasteiger partial charge in [-0.15, -0.1) is 0 Å². The fraction of sp³-hybridized carbons (Fsp3) is 0.500. The van der Waals surface area contributed by atoms with Gasteiger partial charge in [-0.1, -0.05) is 23.8 Å². The van der Waals surface area contributed by atoms with Gasteiger partial charge in [-0.25, -0.2) is 0 Å². The first-order valence-electron chi connectivity index (χ1n) is 4.16. The Kier molecular flexibility index (Phi) is 5.13. The molecule has 0 fully saturated rings. The Labute approximate surface area is 82.6 Å². The lowest BCUT2D eigenvalue weighted by molar-refractivity contribution is 0.313. The fourth-order valence-corrected chi connectivity index (χ4v) is 0.836. The summed E-state index contributed by atoms with van der Waals surface area (Å²) < 4.78 is 0. The zero-order chi connectivity index (χ0) is 11.1. The third kappa shape index (κ3) is 3.79. The number of amidine groups is 2. The van der Waals surface area contributed by atoms with Gasteiger partial charge < -0.3 is 21.9 Å². The van der Waals surface area contributed by atoms with Crippen LogP contribution < -0.4 is 11.5 Å². The number of hydrogen-bond donors (Lipinski definition) is 4. The van der Waals surface area contributed by atoms with Gasteiger partial charge in [-0.3, -0.25) is 0 Å². The minimum atomic E-state index is -0.0664. The molecule has 0 aliphatic carbocycles. The first kappa shape index (κ1) is 12.3. The highest BCUT2D eigenvalue weighted by Crippen LogP contribution is 2.10. The van der Waals surface area contributed by atoms with Gasteiger partial charge in [0.1, 0.15) is 5.84 Å². The van der Waals surface area contributed by atoms with Crippen LogP contribution in [-0.4, -0.2) is 22.1 Å². The van der Waals surface area contributed by atoms with Gasteiger partial charge in [0.15, 0.2) is 5.84 Å². The van der Waals surface area contributed by atoms with Crippen LogP contribution in [0.4, 0.5) is 0 Å². The summed E-state index contributed by atoms with van der Waals surface area (Å²) in [6.07, 6.45) is 1.16. The summed E-state index contributed by atoms with van der Waals surface area (Å²) in [5.74, 6) is 0.109. The van der Waals surface area contributed by atoms with E-state index < -0.39 is 0 Å². The summed E-state index contributed by atoms with van der Waals surface area (Å²) in [6.45, 7) is 5.44. The molecule has 1 atom stereocenters. The van der Waals surface area contributed by atoms with Crippen molar-refractivity contribution in [1.82, 2.24) is 0 Å². The van der Waals surface area contributed by atoms with Gasteiger partial charge in [0, 0.05) is 5.92 Å². The molecule has 6 N–H and O–H groups in total. The summed E-state index contributed by atoms with van der Waals surface area (Å²) in [4.78, 5) is 0. The van der Waals surface area contributed by atoms with Crippen LogP contribution >= 0.6 is 0 Å². The van der Waals surface area contributed by atoms with Crippen molar-refractivity contribution in [2.75, 3.05) is 0 Å². The number of nitrogens with zero attached hydrogens (tertiary/aromatic N) is 2. The van der Waals surface area contributed by atoms with Crippen LogP contribution in [0.25, 0.3) is 0 Å². The van der Waals surface area contributed by atoms with Crippen LogP contribution in [0, 0.1) is 5.92 Å². The molecule has 0 radical (unpaired) electrons. The molecular weight excluding hydrogens is 184 g/mol. The van der Waals surface area contributed by atoms with Crippen molar-refractivity contribution in [2.24, 2.45) is 27.7 Å². The van der Waals surface area contributed by atoms with Crippen LogP contribution in [0.3, 0.4) is 0 Å². The van der Waals surface area contributed by atoms with Gasteiger partial charge in [0.05, 0.1) is 0 Å².